The number of nitriles is 1. The van der Waals surface area contributed by atoms with Crippen LogP contribution in [0.25, 0.3) is 71.7 Å². The summed E-state index contributed by atoms with van der Waals surface area (Å²) in [5, 5.41) is 14.9. The molecule has 0 saturated carbocycles. The van der Waals surface area contributed by atoms with E-state index in [1.165, 1.54) is 33.0 Å². The smallest absolute Gasteiger partial charge is 0.140 e. The number of benzene rings is 6. The Balaban J connectivity index is 1.32. The molecule has 6 aromatic carbocycles. The van der Waals surface area contributed by atoms with Crippen molar-refractivity contribution < 1.29 is 4.42 Å². The molecule has 3 heteroatoms. The summed E-state index contributed by atoms with van der Waals surface area (Å²) in [6, 6.07) is 45.0. The molecule has 1 aliphatic carbocycles. The maximum atomic E-state index is 10.3. The van der Waals surface area contributed by atoms with Gasteiger partial charge in [0.2, 0.25) is 0 Å². The number of fused-ring (bicyclic) bond motifs is 10. The topological polar surface area (TPSA) is 41.9 Å². The molecule has 202 valence electrons. The molecule has 0 N–H and O–H groups in total. The van der Waals surface area contributed by atoms with Crippen molar-refractivity contribution >= 4 is 43.7 Å². The molecule has 0 saturated heterocycles. The summed E-state index contributed by atoms with van der Waals surface area (Å²) in [5.74, 6) is 0. The van der Waals surface area contributed by atoms with Gasteiger partial charge < -0.3 is 8.98 Å². The van der Waals surface area contributed by atoms with Crippen LogP contribution in [0.3, 0.4) is 0 Å². The highest BCUT2D eigenvalue weighted by atomic mass is 16.3. The molecule has 3 nitrogen and oxygen atoms in total. The summed E-state index contributed by atoms with van der Waals surface area (Å²) in [4.78, 5) is 0. The van der Waals surface area contributed by atoms with E-state index in [0.717, 1.165) is 49.8 Å². The Bertz CT molecular complexity index is 2450. The summed E-state index contributed by atoms with van der Waals surface area (Å²) >= 11 is 0. The Morgan fingerprint density at radius 3 is 2.09 bits per heavy atom. The van der Waals surface area contributed by atoms with Crippen molar-refractivity contribution in [2.75, 3.05) is 0 Å². The second-order valence-electron chi connectivity index (χ2n) is 12.0. The standard InChI is InChI=1S/C40H26N2O/c1-40(2)33-15-6-3-11-27(33)30-19-20-31-32-22-24(18-21-36(32)43-39(31)37(30)40)26-14-9-10-25(23-41)38(26)42-34-16-7-4-12-28(34)29-13-5-8-17-35(29)42/h3-22H,1-2H3. The van der Waals surface area contributed by atoms with Crippen molar-refractivity contribution in [3.05, 3.63) is 138 Å². The Kier molecular flexibility index (Phi) is 4.74. The molecule has 8 aromatic rings. The molecular weight excluding hydrogens is 524 g/mol. The van der Waals surface area contributed by atoms with Gasteiger partial charge in [-0.25, -0.2) is 0 Å². The molecule has 0 bridgehead atoms. The van der Waals surface area contributed by atoms with Crippen LogP contribution in [-0.4, -0.2) is 4.57 Å². The van der Waals surface area contributed by atoms with E-state index < -0.39 is 0 Å². The molecule has 43 heavy (non-hydrogen) atoms. The molecule has 1 aliphatic rings. The maximum absolute atomic E-state index is 10.3. The Morgan fingerprint density at radius 1 is 0.628 bits per heavy atom. The van der Waals surface area contributed by atoms with Crippen LogP contribution in [-0.2, 0) is 5.41 Å². The third-order valence-electron chi connectivity index (χ3n) is 9.43. The van der Waals surface area contributed by atoms with Gasteiger partial charge in [-0.15, -0.1) is 0 Å². The van der Waals surface area contributed by atoms with Gasteiger partial charge in [-0.05, 0) is 58.7 Å². The first-order valence-corrected chi connectivity index (χ1v) is 14.7. The van der Waals surface area contributed by atoms with E-state index in [0.29, 0.717) is 5.56 Å². The quantitative estimate of drug-likeness (QED) is 0.215. The fraction of sp³-hybridized carbons (Fsp3) is 0.0750. The molecule has 0 atom stereocenters. The first-order valence-electron chi connectivity index (χ1n) is 14.7. The van der Waals surface area contributed by atoms with Crippen LogP contribution in [0.5, 0.6) is 0 Å². The third-order valence-corrected chi connectivity index (χ3v) is 9.43. The Hall–Kier alpha value is -5.59. The monoisotopic (exact) mass is 550 g/mol. The number of rotatable bonds is 2. The van der Waals surface area contributed by atoms with Gasteiger partial charge in [0.15, 0.2) is 0 Å². The summed E-state index contributed by atoms with van der Waals surface area (Å²) in [6.45, 7) is 4.59. The van der Waals surface area contributed by atoms with E-state index in [4.69, 9.17) is 4.42 Å². The van der Waals surface area contributed by atoms with Gasteiger partial charge >= 0.3 is 0 Å². The molecular formula is C40H26N2O. The van der Waals surface area contributed by atoms with E-state index in [-0.39, 0.29) is 5.41 Å². The molecule has 0 radical (unpaired) electrons. The van der Waals surface area contributed by atoms with Gasteiger partial charge in [-0.3, -0.25) is 0 Å². The van der Waals surface area contributed by atoms with Crippen LogP contribution >= 0.6 is 0 Å². The average Bonchev–Trinajstić information content (AvgIpc) is 3.66. The van der Waals surface area contributed by atoms with Crippen LogP contribution in [0, 0.1) is 11.3 Å². The molecule has 0 amide bonds. The second kappa shape index (κ2) is 8.47. The van der Waals surface area contributed by atoms with E-state index >= 15 is 0 Å². The average molecular weight is 551 g/mol. The highest BCUT2D eigenvalue weighted by Crippen LogP contribution is 2.52. The summed E-state index contributed by atoms with van der Waals surface area (Å²) < 4.78 is 8.91. The summed E-state index contributed by atoms with van der Waals surface area (Å²) in [5.41, 5.74) is 12.6. The molecule has 0 spiro atoms. The maximum Gasteiger partial charge on any atom is 0.140 e. The fourth-order valence-electron chi connectivity index (χ4n) is 7.52. The molecule has 9 rings (SSSR count). The SMILES string of the molecule is CC1(C)c2ccccc2-c2ccc3c(oc4ccc(-c5cccc(C#N)c5-n5c6ccccc6c6ccccc65)cc43)c21. The van der Waals surface area contributed by atoms with E-state index in [2.05, 4.69) is 134 Å². The Morgan fingerprint density at radius 2 is 1.33 bits per heavy atom. The normalized spacial score (nSPS) is 13.5. The largest absolute Gasteiger partial charge is 0.456 e. The van der Waals surface area contributed by atoms with Gasteiger partial charge in [-0.1, -0.05) is 98.8 Å². The molecule has 0 unspecified atom stereocenters. The molecule has 2 heterocycles. The van der Waals surface area contributed by atoms with Gasteiger partial charge in [0, 0.05) is 38.1 Å². The number of para-hydroxylation sites is 3. The van der Waals surface area contributed by atoms with Crippen LogP contribution in [0.4, 0.5) is 0 Å². The zero-order valence-electron chi connectivity index (χ0n) is 23.8. The minimum atomic E-state index is -0.160. The zero-order chi connectivity index (χ0) is 28.9. The lowest BCUT2D eigenvalue weighted by Gasteiger charge is -2.21. The minimum absolute atomic E-state index is 0.160. The van der Waals surface area contributed by atoms with E-state index in [9.17, 15) is 5.26 Å². The van der Waals surface area contributed by atoms with Crippen LogP contribution in [0.1, 0.15) is 30.5 Å². The van der Waals surface area contributed by atoms with E-state index in [1.54, 1.807) is 0 Å². The predicted molar refractivity (Wildman–Crippen MR) is 176 cm³/mol. The Labute approximate surface area is 248 Å². The lowest BCUT2D eigenvalue weighted by atomic mass is 9.82. The number of aromatic nitrogens is 1. The van der Waals surface area contributed by atoms with Crippen molar-refractivity contribution in [1.82, 2.24) is 4.57 Å². The first kappa shape index (κ1) is 24.1. The van der Waals surface area contributed by atoms with Crippen molar-refractivity contribution in [1.29, 1.82) is 5.26 Å². The zero-order valence-corrected chi connectivity index (χ0v) is 23.8. The van der Waals surface area contributed by atoms with Gasteiger partial charge in [0.1, 0.15) is 17.2 Å². The van der Waals surface area contributed by atoms with Crippen LogP contribution in [0.2, 0.25) is 0 Å². The lowest BCUT2D eigenvalue weighted by molar-refractivity contribution is 0.620. The van der Waals surface area contributed by atoms with Crippen LogP contribution < -0.4 is 0 Å². The summed E-state index contributed by atoms with van der Waals surface area (Å²) in [7, 11) is 0. The fourth-order valence-corrected chi connectivity index (χ4v) is 7.52. The minimum Gasteiger partial charge on any atom is -0.456 e. The van der Waals surface area contributed by atoms with Crippen molar-refractivity contribution in [3.63, 3.8) is 0 Å². The number of nitrogens with zero attached hydrogens (tertiary/aromatic N) is 2. The molecule has 0 aliphatic heterocycles. The number of hydrogen-bond acceptors (Lipinski definition) is 2. The van der Waals surface area contributed by atoms with Crippen LogP contribution in [0.15, 0.2) is 126 Å². The third kappa shape index (κ3) is 3.13. The lowest BCUT2D eigenvalue weighted by Crippen LogP contribution is -2.15. The number of hydrogen-bond donors (Lipinski definition) is 0. The predicted octanol–water partition coefficient (Wildman–Crippen LogP) is 10.5. The highest BCUT2D eigenvalue weighted by molar-refractivity contribution is 6.12. The van der Waals surface area contributed by atoms with Crippen molar-refractivity contribution in [3.8, 4) is 34.0 Å². The van der Waals surface area contributed by atoms with Gasteiger partial charge in [0.05, 0.1) is 22.3 Å². The van der Waals surface area contributed by atoms with Gasteiger partial charge in [-0.2, -0.15) is 5.26 Å². The highest BCUT2D eigenvalue weighted by Gasteiger charge is 2.38. The molecule has 2 aromatic heterocycles. The van der Waals surface area contributed by atoms with Crippen molar-refractivity contribution in [2.24, 2.45) is 0 Å². The second-order valence-corrected chi connectivity index (χ2v) is 12.0. The number of furan rings is 1. The first-order chi connectivity index (χ1) is 21.1. The molecule has 0 fully saturated rings. The van der Waals surface area contributed by atoms with Crippen molar-refractivity contribution in [2.45, 2.75) is 19.3 Å². The summed E-state index contributed by atoms with van der Waals surface area (Å²) in [6.07, 6.45) is 0. The van der Waals surface area contributed by atoms with E-state index in [1.807, 2.05) is 12.1 Å². The van der Waals surface area contributed by atoms with Gasteiger partial charge in [0.25, 0.3) is 0 Å².